The normalized spacial score (nSPS) is 11.2. The van der Waals surface area contributed by atoms with Crippen molar-refractivity contribution in [1.82, 2.24) is 5.32 Å². The molecule has 0 aromatic heterocycles. The zero-order chi connectivity index (χ0) is 20.0. The van der Waals surface area contributed by atoms with Crippen LogP contribution in [0.25, 0.3) is 0 Å². The van der Waals surface area contributed by atoms with Crippen molar-refractivity contribution in [3.05, 3.63) is 58.1 Å². The highest BCUT2D eigenvalue weighted by Gasteiger charge is 2.13. The third-order valence-corrected chi connectivity index (χ3v) is 4.56. The Balaban J connectivity index is 1.72. The summed E-state index contributed by atoms with van der Waals surface area (Å²) in [6.07, 6.45) is 0.717. The summed E-state index contributed by atoms with van der Waals surface area (Å²) < 4.78 is 5.73. The van der Waals surface area contributed by atoms with E-state index in [2.05, 4.69) is 43.5 Å². The molecule has 0 fully saturated rings. The van der Waals surface area contributed by atoms with Gasteiger partial charge in [0, 0.05) is 6.54 Å². The minimum absolute atomic E-state index is 0.133. The van der Waals surface area contributed by atoms with Gasteiger partial charge in [-0.3, -0.25) is 0 Å². The van der Waals surface area contributed by atoms with Crippen LogP contribution in [0.5, 0.6) is 5.75 Å². The molecule has 2 aromatic rings. The van der Waals surface area contributed by atoms with E-state index in [-0.39, 0.29) is 11.4 Å². The topological polar surface area (TPSA) is 50.4 Å². The van der Waals surface area contributed by atoms with E-state index < -0.39 is 0 Å². The number of anilines is 1. The van der Waals surface area contributed by atoms with Gasteiger partial charge < -0.3 is 15.4 Å². The third kappa shape index (κ3) is 6.47. The molecular formula is C22H29ClN2O2. The van der Waals surface area contributed by atoms with Gasteiger partial charge in [-0.25, -0.2) is 4.79 Å². The summed E-state index contributed by atoms with van der Waals surface area (Å²) in [6, 6.07) is 11.7. The van der Waals surface area contributed by atoms with Crippen molar-refractivity contribution in [3.8, 4) is 5.75 Å². The molecule has 0 aliphatic heterocycles. The number of nitrogens with one attached hydrogen (secondary N) is 2. The molecule has 4 nitrogen and oxygen atoms in total. The second-order valence-electron chi connectivity index (χ2n) is 7.80. The lowest BCUT2D eigenvalue weighted by Gasteiger charge is -2.19. The minimum Gasteiger partial charge on any atom is -0.494 e. The van der Waals surface area contributed by atoms with Crippen LogP contribution in [-0.2, 0) is 5.41 Å². The molecule has 5 heteroatoms. The molecule has 0 heterocycles. The molecule has 0 saturated heterocycles. The maximum absolute atomic E-state index is 12.0. The molecule has 27 heavy (non-hydrogen) atoms. The molecule has 2 rings (SSSR count). The number of aryl methyl sites for hydroxylation is 2. The maximum atomic E-state index is 12.0. The largest absolute Gasteiger partial charge is 0.494 e. The fourth-order valence-corrected chi connectivity index (χ4v) is 3.12. The van der Waals surface area contributed by atoms with Gasteiger partial charge in [0.2, 0.25) is 0 Å². The van der Waals surface area contributed by atoms with Crippen LogP contribution in [0.2, 0.25) is 5.02 Å². The predicted octanol–water partition coefficient (Wildman–Crippen LogP) is 5.84. The number of carbonyl (C=O) groups is 1. The molecule has 0 bridgehead atoms. The van der Waals surface area contributed by atoms with E-state index in [1.165, 1.54) is 5.56 Å². The average molecular weight is 389 g/mol. The maximum Gasteiger partial charge on any atom is 0.319 e. The van der Waals surface area contributed by atoms with Gasteiger partial charge in [-0.15, -0.1) is 0 Å². The Morgan fingerprint density at radius 2 is 1.78 bits per heavy atom. The Morgan fingerprint density at radius 3 is 2.37 bits per heavy atom. The molecule has 0 saturated carbocycles. The van der Waals surface area contributed by atoms with E-state index >= 15 is 0 Å². The Morgan fingerprint density at radius 1 is 1.11 bits per heavy atom. The SMILES string of the molecule is Cc1cc(C)c(NC(=O)NCCCOc2ccc(C(C)(C)C)cc2)c(Cl)c1. The molecule has 0 radical (unpaired) electrons. The molecular weight excluding hydrogens is 360 g/mol. The average Bonchev–Trinajstić information content (AvgIpc) is 2.57. The van der Waals surface area contributed by atoms with Crippen LogP contribution < -0.4 is 15.4 Å². The van der Waals surface area contributed by atoms with Gasteiger partial charge in [-0.2, -0.15) is 0 Å². The molecule has 2 N–H and O–H groups in total. The predicted molar refractivity (Wildman–Crippen MR) is 113 cm³/mol. The van der Waals surface area contributed by atoms with Gasteiger partial charge in [0.25, 0.3) is 0 Å². The summed E-state index contributed by atoms with van der Waals surface area (Å²) in [4.78, 5) is 12.0. The van der Waals surface area contributed by atoms with Crippen LogP contribution in [0.1, 0.15) is 43.9 Å². The summed E-state index contributed by atoms with van der Waals surface area (Å²) in [6.45, 7) is 11.5. The quantitative estimate of drug-likeness (QED) is 0.610. The number of urea groups is 1. The van der Waals surface area contributed by atoms with Gasteiger partial charge in [0.15, 0.2) is 0 Å². The number of amides is 2. The molecule has 0 spiro atoms. The molecule has 2 aromatic carbocycles. The van der Waals surface area contributed by atoms with Crippen LogP contribution in [0.15, 0.2) is 36.4 Å². The van der Waals surface area contributed by atoms with Crippen molar-refractivity contribution in [2.24, 2.45) is 0 Å². The van der Waals surface area contributed by atoms with E-state index in [0.29, 0.717) is 23.9 Å². The summed E-state index contributed by atoms with van der Waals surface area (Å²) in [7, 11) is 0. The molecule has 0 aliphatic carbocycles. The van der Waals surface area contributed by atoms with Crippen molar-refractivity contribution in [2.75, 3.05) is 18.5 Å². The fraction of sp³-hybridized carbons (Fsp3) is 0.409. The van der Waals surface area contributed by atoms with Crippen LogP contribution in [0.3, 0.4) is 0 Å². The van der Waals surface area contributed by atoms with E-state index in [9.17, 15) is 4.79 Å². The second-order valence-corrected chi connectivity index (χ2v) is 8.20. The smallest absolute Gasteiger partial charge is 0.319 e. The number of benzene rings is 2. The van der Waals surface area contributed by atoms with Crippen molar-refractivity contribution < 1.29 is 9.53 Å². The summed E-state index contributed by atoms with van der Waals surface area (Å²) >= 11 is 6.21. The minimum atomic E-state index is -0.265. The van der Waals surface area contributed by atoms with E-state index in [0.717, 1.165) is 23.3 Å². The van der Waals surface area contributed by atoms with E-state index in [1.807, 2.05) is 38.1 Å². The Kier molecular flexibility index (Phi) is 7.14. The highest BCUT2D eigenvalue weighted by Crippen LogP contribution is 2.27. The lowest BCUT2D eigenvalue weighted by molar-refractivity contribution is 0.250. The van der Waals surface area contributed by atoms with Gasteiger partial charge in [-0.05, 0) is 60.6 Å². The zero-order valence-electron chi connectivity index (χ0n) is 16.8. The highest BCUT2D eigenvalue weighted by atomic mass is 35.5. The fourth-order valence-electron chi connectivity index (χ4n) is 2.75. The lowest BCUT2D eigenvalue weighted by Crippen LogP contribution is -2.30. The molecule has 0 atom stereocenters. The molecule has 0 aliphatic rings. The third-order valence-electron chi connectivity index (χ3n) is 4.27. The number of hydrogen-bond donors (Lipinski definition) is 2. The van der Waals surface area contributed by atoms with Crippen molar-refractivity contribution in [1.29, 1.82) is 0 Å². The standard InChI is InChI=1S/C22H29ClN2O2/c1-15-13-16(2)20(19(23)14-15)25-21(26)24-11-6-12-27-18-9-7-17(8-10-18)22(3,4)5/h7-10,13-14H,6,11-12H2,1-5H3,(H2,24,25,26). The first-order chi connectivity index (χ1) is 12.7. The second kappa shape index (κ2) is 9.14. The van der Waals surface area contributed by atoms with Crippen molar-refractivity contribution in [3.63, 3.8) is 0 Å². The molecule has 0 unspecified atom stereocenters. The Hall–Kier alpha value is -2.20. The zero-order valence-corrected chi connectivity index (χ0v) is 17.5. The highest BCUT2D eigenvalue weighted by molar-refractivity contribution is 6.34. The Bertz CT molecular complexity index is 757. The summed E-state index contributed by atoms with van der Waals surface area (Å²) in [5.41, 5.74) is 4.07. The number of rotatable bonds is 6. The molecule has 146 valence electrons. The first kappa shape index (κ1) is 21.1. The van der Waals surface area contributed by atoms with Crippen molar-refractivity contribution >= 4 is 23.3 Å². The van der Waals surface area contributed by atoms with Crippen LogP contribution >= 0.6 is 11.6 Å². The summed E-state index contributed by atoms with van der Waals surface area (Å²) in [5.74, 6) is 0.842. The number of halogens is 1. The monoisotopic (exact) mass is 388 g/mol. The lowest BCUT2D eigenvalue weighted by atomic mass is 9.87. The van der Waals surface area contributed by atoms with Crippen LogP contribution in [0, 0.1) is 13.8 Å². The van der Waals surface area contributed by atoms with E-state index in [1.54, 1.807) is 0 Å². The van der Waals surface area contributed by atoms with Crippen LogP contribution in [-0.4, -0.2) is 19.2 Å². The van der Waals surface area contributed by atoms with Gasteiger partial charge in [0.1, 0.15) is 5.75 Å². The van der Waals surface area contributed by atoms with Gasteiger partial charge in [0.05, 0.1) is 17.3 Å². The number of ether oxygens (including phenoxy) is 1. The molecule has 2 amide bonds. The van der Waals surface area contributed by atoms with E-state index in [4.69, 9.17) is 16.3 Å². The number of carbonyl (C=O) groups excluding carboxylic acids is 1. The van der Waals surface area contributed by atoms with Gasteiger partial charge >= 0.3 is 6.03 Å². The summed E-state index contributed by atoms with van der Waals surface area (Å²) in [5, 5.41) is 6.18. The number of hydrogen-bond acceptors (Lipinski definition) is 2. The van der Waals surface area contributed by atoms with Crippen LogP contribution in [0.4, 0.5) is 10.5 Å². The first-order valence-electron chi connectivity index (χ1n) is 9.22. The first-order valence-corrected chi connectivity index (χ1v) is 9.59. The van der Waals surface area contributed by atoms with Gasteiger partial charge in [-0.1, -0.05) is 50.6 Å². The van der Waals surface area contributed by atoms with Crippen molar-refractivity contribution in [2.45, 2.75) is 46.5 Å². The Labute approximate surface area is 167 Å².